The van der Waals surface area contributed by atoms with Crippen LogP contribution in [0.1, 0.15) is 22.3 Å². The lowest BCUT2D eigenvalue weighted by Crippen LogP contribution is -2.26. The fraction of sp³-hybridized carbons (Fsp3) is 0.263. The van der Waals surface area contributed by atoms with Crippen LogP contribution in [0.4, 0.5) is 14.5 Å². The van der Waals surface area contributed by atoms with Crippen LogP contribution in [0.3, 0.4) is 0 Å². The Kier molecular flexibility index (Phi) is 6.66. The summed E-state index contributed by atoms with van der Waals surface area (Å²) in [5.74, 6) is -0.229. The van der Waals surface area contributed by atoms with E-state index < -0.39 is 6.61 Å². The maximum absolute atomic E-state index is 12.1. The van der Waals surface area contributed by atoms with Crippen molar-refractivity contribution in [2.24, 2.45) is 5.10 Å². The zero-order chi connectivity index (χ0) is 19.1. The zero-order valence-corrected chi connectivity index (χ0v) is 14.8. The lowest BCUT2D eigenvalue weighted by molar-refractivity contribution is -0.119. The van der Waals surface area contributed by atoms with Gasteiger partial charge in [-0.15, -0.1) is 0 Å². The van der Waals surface area contributed by atoms with Crippen LogP contribution in [0.15, 0.2) is 41.5 Å². The van der Waals surface area contributed by atoms with Gasteiger partial charge in [0.25, 0.3) is 5.91 Å². The van der Waals surface area contributed by atoms with Crippen molar-refractivity contribution in [3.8, 4) is 5.75 Å². The first-order chi connectivity index (χ1) is 12.3. The monoisotopic (exact) mass is 361 g/mol. The minimum absolute atomic E-state index is 0.0641. The highest BCUT2D eigenvalue weighted by Gasteiger charge is 2.06. The second-order valence-electron chi connectivity index (χ2n) is 5.87. The number of rotatable bonds is 7. The van der Waals surface area contributed by atoms with Gasteiger partial charge >= 0.3 is 6.61 Å². The molecule has 0 saturated carbocycles. The average Bonchev–Trinajstić information content (AvgIpc) is 2.55. The number of nitrogens with one attached hydrogen (secondary N) is 2. The van der Waals surface area contributed by atoms with Crippen LogP contribution >= 0.6 is 0 Å². The van der Waals surface area contributed by atoms with E-state index in [4.69, 9.17) is 0 Å². The summed E-state index contributed by atoms with van der Waals surface area (Å²) in [5, 5.41) is 6.96. The van der Waals surface area contributed by atoms with E-state index in [-0.39, 0.29) is 18.2 Å². The number of carbonyl (C=O) groups excluding carboxylic acids is 1. The number of anilines is 1. The molecule has 0 atom stereocenters. The fourth-order valence-corrected chi connectivity index (χ4v) is 2.58. The molecular weight excluding hydrogens is 340 g/mol. The van der Waals surface area contributed by atoms with E-state index >= 15 is 0 Å². The Morgan fingerprint density at radius 1 is 1.15 bits per heavy atom. The lowest BCUT2D eigenvalue weighted by Gasteiger charge is -2.13. The molecule has 0 unspecified atom stereocenters. The third-order valence-corrected chi connectivity index (χ3v) is 3.61. The van der Waals surface area contributed by atoms with Crippen LogP contribution in [0, 0.1) is 20.8 Å². The summed E-state index contributed by atoms with van der Waals surface area (Å²) in [6, 6.07) is 10.0. The molecule has 7 heteroatoms. The highest BCUT2D eigenvalue weighted by atomic mass is 19.3. The molecule has 0 saturated heterocycles. The Hall–Kier alpha value is -2.96. The van der Waals surface area contributed by atoms with E-state index in [1.807, 2.05) is 32.9 Å². The molecule has 138 valence electrons. The molecule has 0 heterocycles. The number of amides is 1. The van der Waals surface area contributed by atoms with Crippen molar-refractivity contribution in [2.75, 3.05) is 11.9 Å². The van der Waals surface area contributed by atoms with E-state index in [0.29, 0.717) is 5.56 Å². The van der Waals surface area contributed by atoms with Gasteiger partial charge in [0, 0.05) is 5.69 Å². The van der Waals surface area contributed by atoms with Gasteiger partial charge in [0.1, 0.15) is 5.75 Å². The Balaban J connectivity index is 1.84. The number of nitrogens with zero attached hydrogens (tertiary/aromatic N) is 1. The molecule has 5 nitrogen and oxygen atoms in total. The first-order valence-electron chi connectivity index (χ1n) is 8.03. The first-order valence-corrected chi connectivity index (χ1v) is 8.03. The third-order valence-electron chi connectivity index (χ3n) is 3.61. The summed E-state index contributed by atoms with van der Waals surface area (Å²) in [6.07, 6.45) is 1.42. The zero-order valence-electron chi connectivity index (χ0n) is 14.8. The number of benzene rings is 2. The second-order valence-corrected chi connectivity index (χ2v) is 5.87. The van der Waals surface area contributed by atoms with Crippen molar-refractivity contribution in [3.63, 3.8) is 0 Å². The quantitative estimate of drug-likeness (QED) is 0.583. The average molecular weight is 361 g/mol. The number of halogens is 2. The van der Waals surface area contributed by atoms with E-state index in [9.17, 15) is 13.6 Å². The van der Waals surface area contributed by atoms with Gasteiger partial charge in [-0.25, -0.2) is 5.43 Å². The summed E-state index contributed by atoms with van der Waals surface area (Å²) in [7, 11) is 0. The summed E-state index contributed by atoms with van der Waals surface area (Å²) < 4.78 is 28.4. The third kappa shape index (κ3) is 5.84. The predicted molar refractivity (Wildman–Crippen MR) is 98.0 cm³/mol. The van der Waals surface area contributed by atoms with Gasteiger partial charge in [-0.05, 0) is 61.7 Å². The molecule has 0 spiro atoms. The smallest absolute Gasteiger partial charge is 0.387 e. The first kappa shape index (κ1) is 19.4. The van der Waals surface area contributed by atoms with Gasteiger partial charge in [-0.3, -0.25) is 4.79 Å². The van der Waals surface area contributed by atoms with Gasteiger partial charge in [-0.2, -0.15) is 13.9 Å². The molecule has 0 fully saturated rings. The number of hydrazone groups is 1. The Labute approximate surface area is 151 Å². The molecule has 2 aromatic rings. The van der Waals surface area contributed by atoms with E-state index in [1.165, 1.54) is 23.9 Å². The molecule has 0 radical (unpaired) electrons. The number of aryl methyl sites for hydroxylation is 3. The molecule has 2 aromatic carbocycles. The molecule has 0 aliphatic rings. The molecule has 0 bridgehead atoms. The maximum Gasteiger partial charge on any atom is 0.387 e. The van der Waals surface area contributed by atoms with Gasteiger partial charge in [0.05, 0.1) is 12.8 Å². The maximum atomic E-state index is 12.1. The Morgan fingerprint density at radius 2 is 1.77 bits per heavy atom. The molecule has 0 aliphatic heterocycles. The fourth-order valence-electron chi connectivity index (χ4n) is 2.58. The van der Waals surface area contributed by atoms with Crippen LogP contribution in [-0.4, -0.2) is 25.3 Å². The van der Waals surface area contributed by atoms with Crippen LogP contribution in [-0.2, 0) is 4.79 Å². The van der Waals surface area contributed by atoms with E-state index in [2.05, 4.69) is 20.6 Å². The van der Waals surface area contributed by atoms with Gasteiger partial charge < -0.3 is 10.1 Å². The molecule has 2 rings (SSSR count). The lowest BCUT2D eigenvalue weighted by atomic mass is 10.1. The Morgan fingerprint density at radius 3 is 2.35 bits per heavy atom. The molecule has 0 aliphatic carbocycles. The van der Waals surface area contributed by atoms with Crippen molar-refractivity contribution < 1.29 is 18.3 Å². The van der Waals surface area contributed by atoms with Crippen molar-refractivity contribution in [3.05, 3.63) is 58.7 Å². The summed E-state index contributed by atoms with van der Waals surface area (Å²) >= 11 is 0. The molecule has 26 heavy (non-hydrogen) atoms. The van der Waals surface area contributed by atoms with Crippen LogP contribution in [0.2, 0.25) is 0 Å². The SMILES string of the molecule is Cc1cc(C)c(NCC(=O)N/N=C\c2ccc(OC(F)F)cc2)c(C)c1. The number of alkyl halides is 2. The normalized spacial score (nSPS) is 11.0. The van der Waals surface area contributed by atoms with Gasteiger partial charge in [0.15, 0.2) is 0 Å². The molecule has 0 aromatic heterocycles. The molecular formula is C19H21F2N3O2. The minimum Gasteiger partial charge on any atom is -0.435 e. The van der Waals surface area contributed by atoms with Gasteiger partial charge in [-0.1, -0.05) is 17.7 Å². The number of ether oxygens (including phenoxy) is 1. The molecule has 1 amide bonds. The standard InChI is InChI=1S/C19H21F2N3O2/c1-12-8-13(2)18(14(3)9-12)22-11-17(25)24-23-10-15-4-6-16(7-5-15)26-19(20)21/h4-10,19,22H,11H2,1-3H3,(H,24,25)/b23-10-. The topological polar surface area (TPSA) is 62.7 Å². The van der Waals surface area contributed by atoms with E-state index in [1.54, 1.807) is 12.1 Å². The summed E-state index contributed by atoms with van der Waals surface area (Å²) in [5.41, 5.74) is 7.31. The number of hydrogen-bond acceptors (Lipinski definition) is 4. The van der Waals surface area contributed by atoms with Gasteiger partial charge in [0.2, 0.25) is 0 Å². The van der Waals surface area contributed by atoms with Crippen LogP contribution in [0.5, 0.6) is 5.75 Å². The minimum atomic E-state index is -2.86. The number of carbonyl (C=O) groups is 1. The van der Waals surface area contributed by atoms with Crippen molar-refractivity contribution in [2.45, 2.75) is 27.4 Å². The van der Waals surface area contributed by atoms with Crippen LogP contribution < -0.4 is 15.5 Å². The predicted octanol–water partition coefficient (Wildman–Crippen LogP) is 3.78. The Bertz CT molecular complexity index is 767. The molecule has 2 N–H and O–H groups in total. The van der Waals surface area contributed by atoms with Crippen molar-refractivity contribution in [1.29, 1.82) is 0 Å². The summed E-state index contributed by atoms with van der Waals surface area (Å²) in [4.78, 5) is 11.9. The van der Waals surface area contributed by atoms with Crippen LogP contribution in [0.25, 0.3) is 0 Å². The highest BCUT2D eigenvalue weighted by molar-refractivity contribution is 5.84. The highest BCUT2D eigenvalue weighted by Crippen LogP contribution is 2.21. The van der Waals surface area contributed by atoms with Crippen molar-refractivity contribution in [1.82, 2.24) is 5.43 Å². The number of hydrogen-bond donors (Lipinski definition) is 2. The summed E-state index contributed by atoms with van der Waals surface area (Å²) in [6.45, 7) is 3.22. The second kappa shape index (κ2) is 8.94. The largest absolute Gasteiger partial charge is 0.435 e. The van der Waals surface area contributed by atoms with Crippen molar-refractivity contribution >= 4 is 17.8 Å². The van der Waals surface area contributed by atoms with E-state index in [0.717, 1.165) is 16.8 Å².